The summed E-state index contributed by atoms with van der Waals surface area (Å²) in [6.07, 6.45) is 0. The van der Waals surface area contributed by atoms with E-state index in [1.165, 1.54) is 12.1 Å². The Kier molecular flexibility index (Phi) is 3.78. The van der Waals surface area contributed by atoms with E-state index in [1.807, 2.05) is 24.3 Å². The number of halogens is 3. The minimum atomic E-state index is -0.699. The number of nitrogens with one attached hydrogen (secondary N) is 1. The number of para-hydroxylation sites is 1. The van der Waals surface area contributed by atoms with Crippen molar-refractivity contribution in [3.05, 3.63) is 69.9 Å². The van der Waals surface area contributed by atoms with Crippen LogP contribution in [0.4, 0.5) is 8.78 Å². The molecule has 3 rings (SSSR count). The quantitative estimate of drug-likeness (QED) is 0.686. The molecule has 3 aromatic rings. The van der Waals surface area contributed by atoms with Gasteiger partial charge in [-0.05, 0) is 47.2 Å². The van der Waals surface area contributed by atoms with E-state index in [1.54, 1.807) is 13.1 Å². The van der Waals surface area contributed by atoms with Crippen LogP contribution in [0.25, 0.3) is 11.0 Å². The lowest BCUT2D eigenvalue weighted by Crippen LogP contribution is -2.20. The summed E-state index contributed by atoms with van der Waals surface area (Å²) >= 11 is 3.08. The molecule has 0 saturated carbocycles. The molecule has 0 bridgehead atoms. The molecule has 0 aliphatic carbocycles. The van der Waals surface area contributed by atoms with Crippen molar-refractivity contribution in [2.75, 3.05) is 7.05 Å². The van der Waals surface area contributed by atoms with Gasteiger partial charge in [0.2, 0.25) is 0 Å². The summed E-state index contributed by atoms with van der Waals surface area (Å²) in [4.78, 5) is 0. The van der Waals surface area contributed by atoms with E-state index >= 15 is 0 Å². The third-order valence-electron chi connectivity index (χ3n) is 3.39. The van der Waals surface area contributed by atoms with Gasteiger partial charge in [0.15, 0.2) is 0 Å². The van der Waals surface area contributed by atoms with Crippen LogP contribution >= 0.6 is 15.9 Å². The van der Waals surface area contributed by atoms with Gasteiger partial charge in [-0.2, -0.15) is 0 Å². The normalized spacial score (nSPS) is 12.8. The number of benzene rings is 2. The summed E-state index contributed by atoms with van der Waals surface area (Å²) in [5.74, 6) is -0.778. The molecule has 1 N–H and O–H groups in total. The maximum absolute atomic E-state index is 14.3. The topological polar surface area (TPSA) is 25.2 Å². The summed E-state index contributed by atoms with van der Waals surface area (Å²) in [6, 6.07) is 11.1. The van der Waals surface area contributed by atoms with Gasteiger partial charge in [0.1, 0.15) is 23.0 Å². The number of fused-ring (bicyclic) bond motifs is 1. The van der Waals surface area contributed by atoms with Crippen LogP contribution < -0.4 is 5.32 Å². The zero-order valence-corrected chi connectivity index (χ0v) is 12.7. The average molecular weight is 352 g/mol. The molecule has 0 aliphatic heterocycles. The smallest absolute Gasteiger partial charge is 0.145 e. The fourth-order valence-electron chi connectivity index (χ4n) is 2.38. The summed E-state index contributed by atoms with van der Waals surface area (Å²) in [5, 5.41) is 3.80. The molecule has 1 unspecified atom stereocenters. The molecule has 0 fully saturated rings. The van der Waals surface area contributed by atoms with E-state index in [0.717, 1.165) is 5.39 Å². The van der Waals surface area contributed by atoms with Crippen molar-refractivity contribution in [2.45, 2.75) is 6.04 Å². The molecule has 1 aromatic heterocycles. The Morgan fingerprint density at radius 1 is 1.14 bits per heavy atom. The molecule has 5 heteroatoms. The Balaban J connectivity index is 2.16. The van der Waals surface area contributed by atoms with E-state index in [2.05, 4.69) is 21.2 Å². The third kappa shape index (κ3) is 2.47. The van der Waals surface area contributed by atoms with Gasteiger partial charge in [0.05, 0.1) is 10.5 Å². The number of hydrogen-bond donors (Lipinski definition) is 1. The molecular formula is C16H12BrF2NO. The van der Waals surface area contributed by atoms with Crippen molar-refractivity contribution in [3.63, 3.8) is 0 Å². The molecule has 2 aromatic carbocycles. The summed E-state index contributed by atoms with van der Waals surface area (Å²) in [7, 11) is 1.64. The summed E-state index contributed by atoms with van der Waals surface area (Å²) < 4.78 is 34.3. The number of hydrogen-bond acceptors (Lipinski definition) is 2. The molecule has 1 heterocycles. The van der Waals surface area contributed by atoms with E-state index in [4.69, 9.17) is 4.42 Å². The molecule has 0 spiro atoms. The Hall–Kier alpha value is -1.72. The van der Waals surface area contributed by atoms with Crippen LogP contribution in [0.5, 0.6) is 0 Å². The van der Waals surface area contributed by atoms with Gasteiger partial charge in [0, 0.05) is 10.9 Å². The van der Waals surface area contributed by atoms with Gasteiger partial charge in [-0.1, -0.05) is 18.2 Å². The summed E-state index contributed by atoms with van der Waals surface area (Å²) in [6.45, 7) is 0. The van der Waals surface area contributed by atoms with Crippen molar-refractivity contribution < 1.29 is 13.2 Å². The third-order valence-corrected chi connectivity index (χ3v) is 4.00. The largest absolute Gasteiger partial charge is 0.459 e. The molecule has 108 valence electrons. The standard InChI is InChI=1S/C16H12BrF2NO/c1-20-16(14-11(18)7-6-10(17)15(14)19)13-8-9-4-2-3-5-12(9)21-13/h2-8,16,20H,1H3. The van der Waals surface area contributed by atoms with Crippen molar-refractivity contribution in [1.29, 1.82) is 0 Å². The molecule has 2 nitrogen and oxygen atoms in total. The van der Waals surface area contributed by atoms with Crippen molar-refractivity contribution in [2.24, 2.45) is 0 Å². The van der Waals surface area contributed by atoms with Crippen molar-refractivity contribution in [1.82, 2.24) is 5.32 Å². The van der Waals surface area contributed by atoms with Crippen LogP contribution in [0, 0.1) is 11.6 Å². The zero-order valence-electron chi connectivity index (χ0n) is 11.2. The van der Waals surface area contributed by atoms with Crippen LogP contribution in [-0.2, 0) is 0 Å². The number of furan rings is 1. The SMILES string of the molecule is CNC(c1cc2ccccc2o1)c1c(F)ccc(Br)c1F. The lowest BCUT2D eigenvalue weighted by Gasteiger charge is -2.16. The minimum absolute atomic E-state index is 0.0640. The van der Waals surface area contributed by atoms with Crippen LogP contribution in [0.15, 0.2) is 51.4 Å². The first-order chi connectivity index (χ1) is 10.1. The second kappa shape index (κ2) is 5.58. The molecular weight excluding hydrogens is 340 g/mol. The summed E-state index contributed by atoms with van der Waals surface area (Å²) in [5.41, 5.74) is 0.620. The second-order valence-corrected chi connectivity index (χ2v) is 5.52. The molecule has 1 atom stereocenters. The van der Waals surface area contributed by atoms with Gasteiger partial charge in [0.25, 0.3) is 0 Å². The fraction of sp³-hybridized carbons (Fsp3) is 0.125. The maximum Gasteiger partial charge on any atom is 0.145 e. The first kappa shape index (κ1) is 14.2. The molecule has 21 heavy (non-hydrogen) atoms. The van der Waals surface area contributed by atoms with Crippen LogP contribution in [0.3, 0.4) is 0 Å². The Bertz CT molecular complexity index is 767. The van der Waals surface area contributed by atoms with Crippen LogP contribution in [0.2, 0.25) is 0 Å². The zero-order chi connectivity index (χ0) is 15.0. The highest BCUT2D eigenvalue weighted by Crippen LogP contribution is 2.33. The molecule has 0 radical (unpaired) electrons. The highest BCUT2D eigenvalue weighted by Gasteiger charge is 2.25. The van der Waals surface area contributed by atoms with Crippen molar-refractivity contribution >= 4 is 26.9 Å². The average Bonchev–Trinajstić information content (AvgIpc) is 2.91. The van der Waals surface area contributed by atoms with Gasteiger partial charge in [-0.25, -0.2) is 8.78 Å². The van der Waals surface area contributed by atoms with Crippen LogP contribution in [-0.4, -0.2) is 7.05 Å². The Morgan fingerprint density at radius 3 is 2.62 bits per heavy atom. The maximum atomic E-state index is 14.3. The lowest BCUT2D eigenvalue weighted by atomic mass is 10.0. The molecule has 0 aliphatic rings. The van der Waals surface area contributed by atoms with Gasteiger partial charge in [-0.3, -0.25) is 0 Å². The highest BCUT2D eigenvalue weighted by atomic mass is 79.9. The molecule has 0 amide bonds. The highest BCUT2D eigenvalue weighted by molar-refractivity contribution is 9.10. The van der Waals surface area contributed by atoms with Crippen molar-refractivity contribution in [3.8, 4) is 0 Å². The van der Waals surface area contributed by atoms with E-state index in [-0.39, 0.29) is 10.0 Å². The molecule has 0 saturated heterocycles. The Labute approximate surface area is 128 Å². The fourth-order valence-corrected chi connectivity index (χ4v) is 2.73. The predicted molar refractivity (Wildman–Crippen MR) is 81.2 cm³/mol. The van der Waals surface area contributed by atoms with Gasteiger partial charge >= 0.3 is 0 Å². The lowest BCUT2D eigenvalue weighted by molar-refractivity contribution is 0.455. The van der Waals surface area contributed by atoms with E-state index in [0.29, 0.717) is 11.3 Å². The Morgan fingerprint density at radius 2 is 1.90 bits per heavy atom. The van der Waals surface area contributed by atoms with Gasteiger partial charge in [-0.15, -0.1) is 0 Å². The first-order valence-electron chi connectivity index (χ1n) is 6.41. The predicted octanol–water partition coefficient (Wildman–Crippen LogP) is 4.78. The van der Waals surface area contributed by atoms with E-state index < -0.39 is 17.7 Å². The van der Waals surface area contributed by atoms with Crippen LogP contribution in [0.1, 0.15) is 17.4 Å². The van der Waals surface area contributed by atoms with E-state index in [9.17, 15) is 8.78 Å². The van der Waals surface area contributed by atoms with Gasteiger partial charge < -0.3 is 9.73 Å². The monoisotopic (exact) mass is 351 g/mol. The minimum Gasteiger partial charge on any atom is -0.459 e. The number of rotatable bonds is 3. The second-order valence-electron chi connectivity index (χ2n) is 4.67. The first-order valence-corrected chi connectivity index (χ1v) is 7.20.